The number of hydrogen-bond donors (Lipinski definition) is 0. The molecule has 1 amide bonds. The third kappa shape index (κ3) is 4.97. The Bertz CT molecular complexity index is 1060. The van der Waals surface area contributed by atoms with Gasteiger partial charge >= 0.3 is 6.18 Å². The van der Waals surface area contributed by atoms with E-state index in [0.717, 1.165) is 23.3 Å². The van der Waals surface area contributed by atoms with E-state index in [1.807, 2.05) is 42.5 Å². The summed E-state index contributed by atoms with van der Waals surface area (Å²) in [6.45, 7) is 2.08. The second kappa shape index (κ2) is 9.35. The van der Waals surface area contributed by atoms with Crippen LogP contribution in [-0.2, 0) is 6.18 Å². The Hall–Kier alpha value is -2.83. The molecule has 3 aromatic rings. The highest BCUT2D eigenvalue weighted by atomic mass is 35.5. The Morgan fingerprint density at radius 1 is 0.812 bits per heavy atom. The Labute approximate surface area is 190 Å². The topological polar surface area (TPSA) is 23.6 Å². The van der Waals surface area contributed by atoms with Gasteiger partial charge in [-0.25, -0.2) is 0 Å². The minimum Gasteiger partial charge on any atom is -0.336 e. The Morgan fingerprint density at radius 2 is 1.44 bits per heavy atom. The first-order chi connectivity index (χ1) is 15.3. The van der Waals surface area contributed by atoms with Gasteiger partial charge in [0.1, 0.15) is 0 Å². The average Bonchev–Trinajstić information content (AvgIpc) is 2.81. The van der Waals surface area contributed by atoms with Gasteiger partial charge in [0, 0.05) is 36.8 Å². The Kier molecular flexibility index (Phi) is 6.53. The van der Waals surface area contributed by atoms with Crippen molar-refractivity contribution in [3.63, 3.8) is 0 Å². The van der Waals surface area contributed by atoms with E-state index >= 15 is 0 Å². The van der Waals surface area contributed by atoms with Crippen LogP contribution in [0.5, 0.6) is 0 Å². The maximum atomic E-state index is 13.0. The number of carbonyl (C=O) groups excluding carboxylic acids is 1. The first-order valence-electron chi connectivity index (χ1n) is 10.3. The van der Waals surface area contributed by atoms with Crippen molar-refractivity contribution in [1.82, 2.24) is 9.80 Å². The molecule has 3 nitrogen and oxygen atoms in total. The molecule has 1 saturated heterocycles. The molecule has 1 aliphatic heterocycles. The van der Waals surface area contributed by atoms with Crippen LogP contribution in [0.4, 0.5) is 13.2 Å². The number of amides is 1. The first kappa shape index (κ1) is 22.4. The summed E-state index contributed by atoms with van der Waals surface area (Å²) in [6, 6.07) is 22.4. The number of alkyl halides is 3. The molecule has 0 spiro atoms. The molecule has 0 bridgehead atoms. The zero-order valence-electron chi connectivity index (χ0n) is 17.2. The highest BCUT2D eigenvalue weighted by Crippen LogP contribution is 2.32. The Morgan fingerprint density at radius 3 is 2.06 bits per heavy atom. The van der Waals surface area contributed by atoms with E-state index in [9.17, 15) is 18.0 Å². The fourth-order valence-corrected chi connectivity index (χ4v) is 4.21. The lowest BCUT2D eigenvalue weighted by Crippen LogP contribution is -2.49. The Balaban J connectivity index is 1.51. The van der Waals surface area contributed by atoms with Crippen LogP contribution in [-0.4, -0.2) is 41.9 Å². The lowest BCUT2D eigenvalue weighted by Gasteiger charge is -2.40. The summed E-state index contributed by atoms with van der Waals surface area (Å²) < 4.78 is 39.1. The number of benzene rings is 3. The number of piperazine rings is 1. The van der Waals surface area contributed by atoms with Crippen LogP contribution >= 0.6 is 11.6 Å². The van der Waals surface area contributed by atoms with Gasteiger partial charge in [0.2, 0.25) is 0 Å². The zero-order valence-corrected chi connectivity index (χ0v) is 18.0. The van der Waals surface area contributed by atoms with Gasteiger partial charge in [-0.2, -0.15) is 13.2 Å². The van der Waals surface area contributed by atoms with Crippen LogP contribution in [0.25, 0.3) is 0 Å². The van der Waals surface area contributed by atoms with Crippen LogP contribution in [0.1, 0.15) is 33.1 Å². The maximum Gasteiger partial charge on any atom is 0.416 e. The van der Waals surface area contributed by atoms with Crippen molar-refractivity contribution in [2.75, 3.05) is 26.2 Å². The molecule has 0 unspecified atom stereocenters. The van der Waals surface area contributed by atoms with Gasteiger partial charge < -0.3 is 4.90 Å². The van der Waals surface area contributed by atoms with Crippen LogP contribution in [0.3, 0.4) is 0 Å². The van der Waals surface area contributed by atoms with Gasteiger partial charge in [0.25, 0.3) is 5.91 Å². The fourth-order valence-electron chi connectivity index (χ4n) is 4.09. The van der Waals surface area contributed by atoms with Gasteiger partial charge in [0.05, 0.1) is 11.6 Å². The summed E-state index contributed by atoms with van der Waals surface area (Å²) in [5.41, 5.74) is 1.48. The largest absolute Gasteiger partial charge is 0.416 e. The molecule has 0 saturated carbocycles. The molecule has 0 radical (unpaired) electrons. The average molecular weight is 459 g/mol. The van der Waals surface area contributed by atoms with E-state index in [1.165, 1.54) is 12.1 Å². The summed E-state index contributed by atoms with van der Waals surface area (Å²) >= 11 is 6.07. The third-order valence-corrected chi connectivity index (χ3v) is 5.96. The van der Waals surface area contributed by atoms with Crippen LogP contribution < -0.4 is 0 Å². The lowest BCUT2D eigenvalue weighted by atomic mass is 9.96. The van der Waals surface area contributed by atoms with Gasteiger partial charge in [-0.3, -0.25) is 9.69 Å². The van der Waals surface area contributed by atoms with Crippen molar-refractivity contribution < 1.29 is 18.0 Å². The minimum absolute atomic E-state index is 0.000670. The molecule has 1 heterocycles. The zero-order chi connectivity index (χ0) is 22.7. The van der Waals surface area contributed by atoms with Crippen LogP contribution in [0, 0.1) is 0 Å². The van der Waals surface area contributed by atoms with Gasteiger partial charge in [0.15, 0.2) is 0 Å². The number of hydrogen-bond acceptors (Lipinski definition) is 2. The van der Waals surface area contributed by atoms with E-state index in [1.54, 1.807) is 4.90 Å². The second-order valence-electron chi connectivity index (χ2n) is 7.77. The molecule has 0 aromatic heterocycles. The number of halogens is 4. The van der Waals surface area contributed by atoms with Crippen molar-refractivity contribution >= 4 is 17.5 Å². The molecule has 0 aliphatic carbocycles. The predicted molar refractivity (Wildman–Crippen MR) is 119 cm³/mol. The summed E-state index contributed by atoms with van der Waals surface area (Å²) in [4.78, 5) is 16.8. The van der Waals surface area contributed by atoms with Crippen molar-refractivity contribution in [3.8, 4) is 0 Å². The summed E-state index contributed by atoms with van der Waals surface area (Å²) in [5, 5.41) is 0.664. The van der Waals surface area contributed by atoms with Crippen molar-refractivity contribution in [2.45, 2.75) is 12.2 Å². The number of rotatable bonds is 4. The summed E-state index contributed by atoms with van der Waals surface area (Å²) in [6.07, 6.45) is -4.48. The molecule has 1 fully saturated rings. The molecular formula is C25H22ClF3N2O. The van der Waals surface area contributed by atoms with Crippen molar-refractivity contribution in [2.24, 2.45) is 0 Å². The molecule has 1 aliphatic rings. The smallest absolute Gasteiger partial charge is 0.336 e. The van der Waals surface area contributed by atoms with E-state index in [-0.39, 0.29) is 17.5 Å². The molecule has 4 rings (SSSR count). The summed E-state index contributed by atoms with van der Waals surface area (Å²) in [5.74, 6) is -0.376. The molecule has 32 heavy (non-hydrogen) atoms. The second-order valence-corrected chi connectivity index (χ2v) is 8.21. The van der Waals surface area contributed by atoms with E-state index in [2.05, 4.69) is 17.0 Å². The number of carbonyl (C=O) groups is 1. The van der Waals surface area contributed by atoms with Gasteiger partial charge in [-0.05, 0) is 41.5 Å². The molecule has 3 aromatic carbocycles. The van der Waals surface area contributed by atoms with Crippen LogP contribution in [0.15, 0.2) is 78.9 Å². The molecule has 0 N–H and O–H groups in total. The van der Waals surface area contributed by atoms with Gasteiger partial charge in [-0.1, -0.05) is 60.1 Å². The minimum atomic E-state index is -4.48. The van der Waals surface area contributed by atoms with Crippen molar-refractivity contribution in [1.29, 1.82) is 0 Å². The highest BCUT2D eigenvalue weighted by Gasteiger charge is 2.32. The highest BCUT2D eigenvalue weighted by molar-refractivity contribution is 6.30. The van der Waals surface area contributed by atoms with E-state index in [0.29, 0.717) is 31.2 Å². The fraction of sp³-hybridized carbons (Fsp3) is 0.240. The SMILES string of the molecule is O=C(c1cccc(C(F)(F)F)c1)N1CCN([C@@H](c2ccccc2)c2ccc(Cl)cc2)CC1. The molecular weight excluding hydrogens is 437 g/mol. The monoisotopic (exact) mass is 458 g/mol. The standard InChI is InChI=1S/C25H22ClF3N2O/c26-22-11-9-19(10-12-22)23(18-5-2-1-3-6-18)30-13-15-31(16-14-30)24(32)20-7-4-8-21(17-20)25(27,28)29/h1-12,17,23H,13-16H2/t23-/m0/s1. The normalized spacial score (nSPS) is 16.1. The van der Waals surface area contributed by atoms with E-state index < -0.39 is 11.7 Å². The lowest BCUT2D eigenvalue weighted by molar-refractivity contribution is -0.137. The maximum absolute atomic E-state index is 13.0. The molecule has 7 heteroatoms. The first-order valence-corrected chi connectivity index (χ1v) is 10.7. The quantitative estimate of drug-likeness (QED) is 0.485. The molecule has 1 atom stereocenters. The van der Waals surface area contributed by atoms with Crippen LogP contribution in [0.2, 0.25) is 5.02 Å². The van der Waals surface area contributed by atoms with E-state index in [4.69, 9.17) is 11.6 Å². The van der Waals surface area contributed by atoms with Crippen molar-refractivity contribution in [3.05, 3.63) is 106 Å². The number of nitrogens with zero attached hydrogens (tertiary/aromatic N) is 2. The summed E-state index contributed by atoms with van der Waals surface area (Å²) in [7, 11) is 0. The predicted octanol–water partition coefficient (Wildman–Crippen LogP) is 5.91. The molecule has 166 valence electrons. The third-order valence-electron chi connectivity index (χ3n) is 5.70. The van der Waals surface area contributed by atoms with Gasteiger partial charge in [-0.15, -0.1) is 0 Å².